The van der Waals surface area contributed by atoms with Crippen LogP contribution in [0.1, 0.15) is 48.0 Å². The molecule has 2 aromatic rings. The highest BCUT2D eigenvalue weighted by Crippen LogP contribution is 2.28. The van der Waals surface area contributed by atoms with Crippen LogP contribution in [0.2, 0.25) is 0 Å². The van der Waals surface area contributed by atoms with Gasteiger partial charge in [-0.15, -0.1) is 0 Å². The second kappa shape index (κ2) is 8.91. The van der Waals surface area contributed by atoms with E-state index in [0.717, 1.165) is 24.8 Å². The predicted molar refractivity (Wildman–Crippen MR) is 92.6 cm³/mol. The zero-order chi connectivity index (χ0) is 17.4. The van der Waals surface area contributed by atoms with Gasteiger partial charge in [0.1, 0.15) is 5.76 Å². The largest absolute Gasteiger partial charge is 0.493 e. The summed E-state index contributed by atoms with van der Waals surface area (Å²) in [4.78, 5) is 12.0. The molecular weight excluding hydrogens is 306 g/mol. The van der Waals surface area contributed by atoms with Crippen LogP contribution < -0.4 is 9.47 Å². The van der Waals surface area contributed by atoms with Crippen molar-refractivity contribution < 1.29 is 18.8 Å². The number of aromatic nitrogens is 1. The summed E-state index contributed by atoms with van der Waals surface area (Å²) >= 11 is 0. The maximum Gasteiger partial charge on any atom is 0.207 e. The van der Waals surface area contributed by atoms with E-state index in [9.17, 15) is 4.79 Å². The lowest BCUT2D eigenvalue weighted by molar-refractivity contribution is 0.103. The molecule has 0 aliphatic carbocycles. The Morgan fingerprint density at radius 3 is 2.75 bits per heavy atom. The number of benzene rings is 1. The summed E-state index contributed by atoms with van der Waals surface area (Å²) in [6.07, 6.45) is 6.48. The van der Waals surface area contributed by atoms with E-state index in [4.69, 9.17) is 14.0 Å². The van der Waals surface area contributed by atoms with Gasteiger partial charge in [0, 0.05) is 6.07 Å². The second-order valence-corrected chi connectivity index (χ2v) is 5.49. The molecule has 1 aromatic heterocycles. The fraction of sp³-hybridized carbons (Fsp3) is 0.368. The van der Waals surface area contributed by atoms with Crippen LogP contribution in [0.3, 0.4) is 0 Å². The topological polar surface area (TPSA) is 61.6 Å². The first-order valence-corrected chi connectivity index (χ1v) is 8.10. The van der Waals surface area contributed by atoms with E-state index < -0.39 is 0 Å². The van der Waals surface area contributed by atoms with Crippen molar-refractivity contribution in [2.45, 2.75) is 33.1 Å². The summed E-state index contributed by atoms with van der Waals surface area (Å²) in [6, 6.07) is 7.18. The first-order chi connectivity index (χ1) is 11.6. The lowest BCUT2D eigenvalue weighted by atomic mass is 10.1. The number of ketones is 1. The third-order valence-corrected chi connectivity index (χ3v) is 3.50. The third kappa shape index (κ3) is 4.98. The average Bonchev–Trinajstić information content (AvgIpc) is 3.03. The molecule has 0 fully saturated rings. The lowest BCUT2D eigenvalue weighted by Crippen LogP contribution is -1.99. The van der Waals surface area contributed by atoms with E-state index in [1.165, 1.54) is 6.08 Å². The van der Waals surface area contributed by atoms with Gasteiger partial charge in [0.05, 0.1) is 13.7 Å². The van der Waals surface area contributed by atoms with Crippen LogP contribution in [0, 0.1) is 6.92 Å². The van der Waals surface area contributed by atoms with Crippen LogP contribution in [-0.4, -0.2) is 24.7 Å². The highest BCUT2D eigenvalue weighted by molar-refractivity contribution is 6.05. The van der Waals surface area contributed by atoms with Crippen LogP contribution >= 0.6 is 0 Å². The van der Waals surface area contributed by atoms with E-state index in [0.29, 0.717) is 29.6 Å². The molecule has 0 unspecified atom stereocenters. The van der Waals surface area contributed by atoms with Gasteiger partial charge in [-0.05, 0) is 37.1 Å². The minimum Gasteiger partial charge on any atom is -0.493 e. The molecule has 0 amide bonds. The van der Waals surface area contributed by atoms with Gasteiger partial charge in [-0.1, -0.05) is 37.1 Å². The van der Waals surface area contributed by atoms with Gasteiger partial charge < -0.3 is 14.0 Å². The van der Waals surface area contributed by atoms with Crippen LogP contribution in [0.4, 0.5) is 0 Å². The van der Waals surface area contributed by atoms with Crippen molar-refractivity contribution in [3.63, 3.8) is 0 Å². The summed E-state index contributed by atoms with van der Waals surface area (Å²) in [7, 11) is 1.61. The SMILES string of the molecule is CCCCCOc1cc(/C=C/C(=O)c2cc(C)on2)ccc1OC. The van der Waals surface area contributed by atoms with Crippen LogP contribution in [0.25, 0.3) is 6.08 Å². The van der Waals surface area contributed by atoms with Crippen molar-refractivity contribution in [3.8, 4) is 11.5 Å². The molecule has 0 radical (unpaired) electrons. The summed E-state index contributed by atoms with van der Waals surface area (Å²) in [5.74, 6) is 1.77. The molecule has 0 saturated heterocycles. The smallest absolute Gasteiger partial charge is 0.207 e. The van der Waals surface area contributed by atoms with Crippen molar-refractivity contribution in [1.29, 1.82) is 0 Å². The van der Waals surface area contributed by atoms with Gasteiger partial charge in [0.15, 0.2) is 17.2 Å². The molecule has 0 bridgehead atoms. The normalized spacial score (nSPS) is 11.0. The van der Waals surface area contributed by atoms with Crippen molar-refractivity contribution in [2.24, 2.45) is 0 Å². The van der Waals surface area contributed by atoms with E-state index >= 15 is 0 Å². The molecule has 5 nitrogen and oxygen atoms in total. The number of allylic oxidation sites excluding steroid dienone is 1. The first kappa shape index (κ1) is 17.8. The van der Waals surface area contributed by atoms with Crippen LogP contribution in [-0.2, 0) is 0 Å². The number of hydrogen-bond donors (Lipinski definition) is 0. The second-order valence-electron chi connectivity index (χ2n) is 5.49. The highest BCUT2D eigenvalue weighted by atomic mass is 16.5. The molecule has 24 heavy (non-hydrogen) atoms. The molecule has 0 aliphatic heterocycles. The molecule has 0 spiro atoms. The van der Waals surface area contributed by atoms with Crippen molar-refractivity contribution in [2.75, 3.05) is 13.7 Å². The monoisotopic (exact) mass is 329 g/mol. The Morgan fingerprint density at radius 2 is 2.08 bits per heavy atom. The zero-order valence-corrected chi connectivity index (χ0v) is 14.4. The van der Waals surface area contributed by atoms with E-state index in [1.807, 2.05) is 18.2 Å². The van der Waals surface area contributed by atoms with Gasteiger partial charge in [-0.3, -0.25) is 4.79 Å². The lowest BCUT2D eigenvalue weighted by Gasteiger charge is -2.11. The Balaban J connectivity index is 2.06. The minimum absolute atomic E-state index is 0.201. The van der Waals surface area contributed by atoms with Crippen LogP contribution in [0.5, 0.6) is 11.5 Å². The predicted octanol–water partition coefficient (Wildman–Crippen LogP) is 4.46. The van der Waals surface area contributed by atoms with Gasteiger partial charge in [0.25, 0.3) is 0 Å². The zero-order valence-electron chi connectivity index (χ0n) is 14.4. The summed E-state index contributed by atoms with van der Waals surface area (Å²) in [5, 5.41) is 3.71. The number of nitrogens with zero attached hydrogens (tertiary/aromatic N) is 1. The van der Waals surface area contributed by atoms with Gasteiger partial charge in [-0.25, -0.2) is 0 Å². The summed E-state index contributed by atoms with van der Waals surface area (Å²) < 4.78 is 16.0. The molecule has 1 heterocycles. The fourth-order valence-corrected chi connectivity index (χ4v) is 2.18. The van der Waals surface area contributed by atoms with Gasteiger partial charge in [0.2, 0.25) is 5.78 Å². The molecule has 5 heteroatoms. The van der Waals surface area contributed by atoms with Crippen molar-refractivity contribution in [1.82, 2.24) is 5.16 Å². The number of unbranched alkanes of at least 4 members (excludes halogenated alkanes) is 2. The number of ether oxygens (including phenoxy) is 2. The quantitative estimate of drug-likeness (QED) is 0.386. The standard InChI is InChI=1S/C19H23NO4/c1-4-5-6-11-23-19-13-15(8-10-18(19)22-3)7-9-17(21)16-12-14(2)24-20-16/h7-10,12-13H,4-6,11H2,1-3H3/b9-7+. The number of rotatable bonds is 9. The molecule has 0 saturated carbocycles. The molecule has 2 rings (SSSR count). The van der Waals surface area contributed by atoms with E-state index in [2.05, 4.69) is 12.1 Å². The summed E-state index contributed by atoms with van der Waals surface area (Å²) in [6.45, 7) is 4.55. The molecule has 128 valence electrons. The maximum atomic E-state index is 12.0. The van der Waals surface area contributed by atoms with E-state index in [1.54, 1.807) is 26.2 Å². The number of aryl methyl sites for hydroxylation is 1. The number of carbonyl (C=O) groups excluding carboxylic acids is 1. The van der Waals surface area contributed by atoms with Crippen molar-refractivity contribution >= 4 is 11.9 Å². The molecule has 0 N–H and O–H groups in total. The average molecular weight is 329 g/mol. The first-order valence-electron chi connectivity index (χ1n) is 8.10. The highest BCUT2D eigenvalue weighted by Gasteiger charge is 2.08. The number of hydrogen-bond acceptors (Lipinski definition) is 5. The molecule has 1 aromatic carbocycles. The maximum absolute atomic E-state index is 12.0. The Bertz CT molecular complexity index is 703. The van der Waals surface area contributed by atoms with E-state index in [-0.39, 0.29) is 5.78 Å². The van der Waals surface area contributed by atoms with Gasteiger partial charge in [-0.2, -0.15) is 0 Å². The summed E-state index contributed by atoms with van der Waals surface area (Å²) in [5.41, 5.74) is 1.16. The molecule has 0 aliphatic rings. The Labute approximate surface area is 142 Å². The molecule has 0 atom stereocenters. The minimum atomic E-state index is -0.201. The van der Waals surface area contributed by atoms with Crippen LogP contribution in [0.15, 0.2) is 34.9 Å². The van der Waals surface area contributed by atoms with Crippen molar-refractivity contribution in [3.05, 3.63) is 47.4 Å². The van der Waals surface area contributed by atoms with Gasteiger partial charge >= 0.3 is 0 Å². The molecular formula is C19H23NO4. The fourth-order valence-electron chi connectivity index (χ4n) is 2.18. The Morgan fingerprint density at radius 1 is 1.25 bits per heavy atom. The third-order valence-electron chi connectivity index (χ3n) is 3.50. The number of methoxy groups -OCH3 is 1. The Hall–Kier alpha value is -2.56. The Kier molecular flexibility index (Phi) is 6.61. The number of carbonyl (C=O) groups is 1.